The lowest BCUT2D eigenvalue weighted by Crippen LogP contribution is -2.41. The van der Waals surface area contributed by atoms with E-state index in [0.717, 1.165) is 5.57 Å². The van der Waals surface area contributed by atoms with Crippen LogP contribution in [0.25, 0.3) is 16.7 Å². The maximum atomic E-state index is 14.1. The fourth-order valence-corrected chi connectivity index (χ4v) is 3.98. The maximum Gasteiger partial charge on any atom is 0.425 e. The van der Waals surface area contributed by atoms with Crippen LogP contribution in [-0.2, 0) is 5.60 Å². The molecule has 2 aromatic rings. The molecular weight excluding hydrogens is 371 g/mol. The first-order valence-corrected chi connectivity index (χ1v) is 8.90. The van der Waals surface area contributed by atoms with E-state index in [2.05, 4.69) is 5.43 Å². The Balaban J connectivity index is 2.02. The summed E-state index contributed by atoms with van der Waals surface area (Å²) in [7, 11) is 0. The number of rotatable bonds is 3. The van der Waals surface area contributed by atoms with E-state index in [9.17, 15) is 23.4 Å². The second kappa shape index (κ2) is 6.31. The zero-order chi connectivity index (χ0) is 20.3. The van der Waals surface area contributed by atoms with Crippen LogP contribution in [0.4, 0.5) is 13.2 Å². The predicted octanol–water partition coefficient (Wildman–Crippen LogP) is 2.60. The van der Waals surface area contributed by atoms with Crippen molar-refractivity contribution in [1.82, 2.24) is 10.4 Å². The molecule has 2 aliphatic rings. The number of nitrogens with zero attached hydrogens (tertiary/aromatic N) is 1. The molecule has 0 amide bonds. The summed E-state index contributed by atoms with van der Waals surface area (Å²) >= 11 is 0. The molecule has 5 N–H and O–H groups in total. The van der Waals surface area contributed by atoms with Crippen LogP contribution >= 0.6 is 0 Å². The van der Waals surface area contributed by atoms with E-state index in [-0.39, 0.29) is 27.8 Å². The van der Waals surface area contributed by atoms with Gasteiger partial charge in [0.15, 0.2) is 0 Å². The Hall–Kier alpha value is -2.39. The number of hydrogen-bond acceptors (Lipinski definition) is 5. The van der Waals surface area contributed by atoms with E-state index < -0.39 is 18.0 Å². The van der Waals surface area contributed by atoms with Gasteiger partial charge in [-0.2, -0.15) is 13.2 Å². The van der Waals surface area contributed by atoms with E-state index in [4.69, 9.17) is 5.73 Å². The minimum atomic E-state index is -4.94. The minimum absolute atomic E-state index is 0.132. The number of aliphatic hydroxyl groups is 2. The fourth-order valence-electron chi connectivity index (χ4n) is 3.98. The quantitative estimate of drug-likeness (QED) is 0.605. The average molecular weight is 391 g/mol. The van der Waals surface area contributed by atoms with Crippen LogP contribution in [0.15, 0.2) is 42.6 Å². The highest BCUT2D eigenvalue weighted by atomic mass is 19.4. The first kappa shape index (κ1) is 18.9. The molecule has 4 rings (SSSR count). The number of hydrogen-bond donors (Lipinski definition) is 4. The summed E-state index contributed by atoms with van der Waals surface area (Å²) in [6.07, 6.45) is -4.64. The van der Waals surface area contributed by atoms with Crippen LogP contribution in [0.3, 0.4) is 0 Å². The molecule has 28 heavy (non-hydrogen) atoms. The van der Waals surface area contributed by atoms with Crippen molar-refractivity contribution < 1.29 is 23.4 Å². The van der Waals surface area contributed by atoms with Crippen molar-refractivity contribution in [1.29, 1.82) is 0 Å². The van der Waals surface area contributed by atoms with E-state index >= 15 is 0 Å². The Labute approximate surface area is 159 Å². The van der Waals surface area contributed by atoms with Gasteiger partial charge in [0.1, 0.15) is 6.23 Å². The van der Waals surface area contributed by atoms with E-state index in [0.29, 0.717) is 18.7 Å². The van der Waals surface area contributed by atoms with Crippen LogP contribution in [0.2, 0.25) is 0 Å². The normalized spacial score (nSPS) is 22.1. The molecule has 1 heterocycles. The molecule has 148 valence electrons. The molecule has 0 radical (unpaired) electrons. The Kier molecular flexibility index (Phi) is 4.27. The van der Waals surface area contributed by atoms with Crippen molar-refractivity contribution >= 4 is 5.57 Å². The third-order valence-electron chi connectivity index (χ3n) is 5.37. The summed E-state index contributed by atoms with van der Waals surface area (Å²) < 4.78 is 42.2. The third-order valence-corrected chi connectivity index (χ3v) is 5.37. The predicted molar refractivity (Wildman–Crippen MR) is 98.4 cm³/mol. The first-order valence-electron chi connectivity index (χ1n) is 8.90. The summed E-state index contributed by atoms with van der Waals surface area (Å²) in [5.74, 6) is 0. The van der Waals surface area contributed by atoms with Crippen LogP contribution < -0.4 is 11.2 Å². The van der Waals surface area contributed by atoms with Gasteiger partial charge in [-0.3, -0.25) is 0 Å². The molecular formula is C20H20F3N3O2. The van der Waals surface area contributed by atoms with Crippen molar-refractivity contribution in [3.63, 3.8) is 0 Å². The summed E-state index contributed by atoms with van der Waals surface area (Å²) in [4.78, 5) is 0. The zero-order valence-corrected chi connectivity index (χ0v) is 15.1. The largest absolute Gasteiger partial charge is 0.425 e. The molecule has 0 aromatic heterocycles. The van der Waals surface area contributed by atoms with Gasteiger partial charge in [-0.1, -0.05) is 24.3 Å². The summed E-state index contributed by atoms with van der Waals surface area (Å²) in [6.45, 7) is 3.03. The van der Waals surface area contributed by atoms with Gasteiger partial charge in [-0.05, 0) is 41.3 Å². The summed E-state index contributed by atoms with van der Waals surface area (Å²) in [5, 5.41) is 22.8. The number of nitrogens with two attached hydrogens (primary N) is 1. The zero-order valence-electron chi connectivity index (χ0n) is 15.1. The number of halogens is 3. The topological polar surface area (TPSA) is 81.8 Å². The second-order valence-electron chi connectivity index (χ2n) is 6.96. The smallest absolute Gasteiger partial charge is 0.375 e. The number of nitrogens with one attached hydrogen (secondary N) is 1. The van der Waals surface area contributed by atoms with Gasteiger partial charge in [-0.15, -0.1) is 0 Å². The average Bonchev–Trinajstić information content (AvgIpc) is 3.23. The molecule has 1 unspecified atom stereocenters. The van der Waals surface area contributed by atoms with Crippen molar-refractivity contribution in [3.05, 3.63) is 64.9 Å². The van der Waals surface area contributed by atoms with Gasteiger partial charge >= 0.3 is 6.18 Å². The van der Waals surface area contributed by atoms with Crippen molar-refractivity contribution in [2.75, 3.05) is 13.1 Å². The summed E-state index contributed by atoms with van der Waals surface area (Å²) in [5.41, 5.74) is 6.78. The highest BCUT2D eigenvalue weighted by Crippen LogP contribution is 2.56. The van der Waals surface area contributed by atoms with Crippen molar-refractivity contribution in [2.45, 2.75) is 24.9 Å². The summed E-state index contributed by atoms with van der Waals surface area (Å²) in [6, 6.07) is 8.73. The Bertz CT molecular complexity index is 972. The molecule has 0 bridgehead atoms. The molecule has 2 atom stereocenters. The van der Waals surface area contributed by atoms with Crippen LogP contribution in [-0.4, -0.2) is 34.5 Å². The van der Waals surface area contributed by atoms with E-state index in [1.165, 1.54) is 24.3 Å². The van der Waals surface area contributed by atoms with Gasteiger partial charge in [0.05, 0.1) is 0 Å². The number of benzene rings is 2. The number of alkyl halides is 3. The molecule has 1 aliphatic heterocycles. The Morgan fingerprint density at radius 1 is 1.25 bits per heavy atom. The van der Waals surface area contributed by atoms with Crippen molar-refractivity contribution in [2.24, 2.45) is 5.73 Å². The van der Waals surface area contributed by atoms with E-state index in [1.54, 1.807) is 18.3 Å². The lowest BCUT2D eigenvalue weighted by atomic mass is 9.87. The number of hydrazine groups is 1. The molecule has 1 aliphatic carbocycles. The standard InChI is InChI=1S/C20H20F3N3O2/c1-2-26-10-12(9-25-26)11-7-14(18(24)27)17-13-5-3-4-6-15(13)19(28,16(17)8-11)20(21,22)23/h3-8,10,18,25,27-28H,2,9,24H2,1H3/t18-,19?/m1/s1. The molecule has 5 nitrogen and oxygen atoms in total. The minimum Gasteiger partial charge on any atom is -0.375 e. The van der Waals surface area contributed by atoms with E-state index in [1.807, 2.05) is 11.9 Å². The number of fused-ring (bicyclic) bond motifs is 3. The first-order chi connectivity index (χ1) is 13.2. The highest BCUT2D eigenvalue weighted by molar-refractivity contribution is 5.86. The van der Waals surface area contributed by atoms with Gasteiger partial charge in [-0.25, -0.2) is 5.43 Å². The second-order valence-corrected chi connectivity index (χ2v) is 6.96. The highest BCUT2D eigenvalue weighted by Gasteiger charge is 2.61. The van der Waals surface area contributed by atoms with Gasteiger partial charge in [0, 0.05) is 36.0 Å². The van der Waals surface area contributed by atoms with Gasteiger partial charge in [0.25, 0.3) is 0 Å². The van der Waals surface area contributed by atoms with Crippen LogP contribution in [0.5, 0.6) is 0 Å². The van der Waals surface area contributed by atoms with Gasteiger partial charge in [0.2, 0.25) is 5.60 Å². The molecule has 0 saturated heterocycles. The molecule has 0 spiro atoms. The Morgan fingerprint density at radius 2 is 1.96 bits per heavy atom. The lowest BCUT2D eigenvalue weighted by Gasteiger charge is -2.29. The van der Waals surface area contributed by atoms with Crippen molar-refractivity contribution in [3.8, 4) is 11.1 Å². The van der Waals surface area contributed by atoms with Crippen LogP contribution in [0.1, 0.15) is 35.4 Å². The SMILES string of the molecule is CCN1C=C(c2cc([C@H](N)O)c3c(c2)C(O)(C(F)(F)F)c2ccccc2-3)CN1. The van der Waals surface area contributed by atoms with Gasteiger partial charge < -0.3 is 21.0 Å². The monoisotopic (exact) mass is 391 g/mol. The molecule has 2 aromatic carbocycles. The maximum absolute atomic E-state index is 14.1. The Morgan fingerprint density at radius 3 is 2.57 bits per heavy atom. The fraction of sp³-hybridized carbons (Fsp3) is 0.300. The molecule has 0 saturated carbocycles. The third kappa shape index (κ3) is 2.56. The molecule has 8 heteroatoms. The van der Waals surface area contributed by atoms with Crippen LogP contribution in [0, 0.1) is 0 Å². The molecule has 0 fully saturated rings. The lowest BCUT2D eigenvalue weighted by molar-refractivity contribution is -0.246. The number of aliphatic hydroxyl groups excluding tert-OH is 1.